The van der Waals surface area contributed by atoms with Gasteiger partial charge in [-0.25, -0.2) is 4.98 Å². The number of hydrogen-bond donors (Lipinski definition) is 2. The number of halogens is 4. The second kappa shape index (κ2) is 10.2. The molecule has 2 amide bonds. The van der Waals surface area contributed by atoms with Crippen LogP contribution in [0.2, 0.25) is 0 Å². The largest absolute Gasteiger partial charge is 0.434 e. The number of imide groups is 1. The van der Waals surface area contributed by atoms with Crippen molar-refractivity contribution in [2.24, 2.45) is 4.99 Å². The maximum Gasteiger partial charge on any atom is 0.434 e. The van der Waals surface area contributed by atoms with Gasteiger partial charge in [0, 0.05) is 38.5 Å². The van der Waals surface area contributed by atoms with Crippen LogP contribution in [0, 0.1) is 0 Å². The number of hydrogen-bond acceptors (Lipinski definition) is 5. The first-order valence-corrected chi connectivity index (χ1v) is 9.60. The Kier molecular flexibility index (Phi) is 8.18. The number of guanidine groups is 1. The molecule has 1 aliphatic rings. The summed E-state index contributed by atoms with van der Waals surface area (Å²) in [5.74, 6) is -0.256. The Morgan fingerprint density at radius 1 is 1.13 bits per heavy atom. The molecule has 30 heavy (non-hydrogen) atoms. The lowest BCUT2D eigenvalue weighted by Gasteiger charge is -2.16. The quantitative estimate of drug-likeness (QED) is 0.249. The molecule has 3 rings (SSSR count). The number of benzene rings is 1. The highest BCUT2D eigenvalue weighted by Crippen LogP contribution is 2.30. The van der Waals surface area contributed by atoms with Crippen LogP contribution in [0.5, 0.6) is 0 Å². The molecule has 12 heteroatoms. The van der Waals surface area contributed by atoms with E-state index in [9.17, 15) is 22.8 Å². The first-order valence-electron chi connectivity index (χ1n) is 8.72. The zero-order chi connectivity index (χ0) is 21.0. The lowest BCUT2D eigenvalue weighted by Crippen LogP contribution is -2.43. The number of aromatic nitrogens is 1. The van der Waals surface area contributed by atoms with Crippen molar-refractivity contribution >= 4 is 53.1 Å². The van der Waals surface area contributed by atoms with Crippen molar-refractivity contribution in [2.75, 3.05) is 26.7 Å². The van der Waals surface area contributed by atoms with Crippen molar-refractivity contribution in [2.45, 2.75) is 12.6 Å². The first kappa shape index (κ1) is 24.1. The number of fused-ring (bicyclic) bond motifs is 1. The van der Waals surface area contributed by atoms with Crippen LogP contribution < -0.4 is 10.6 Å². The SMILES string of the molecule is CN=C(NCCc1nc(C(F)(F)F)cs1)NCCN1C(=O)c2ccccc2C1=O.I. The van der Waals surface area contributed by atoms with Gasteiger partial charge in [-0.2, -0.15) is 13.2 Å². The van der Waals surface area contributed by atoms with Gasteiger partial charge in [0.2, 0.25) is 0 Å². The summed E-state index contributed by atoms with van der Waals surface area (Å²) in [7, 11) is 1.54. The Balaban J connectivity index is 0.00000320. The monoisotopic (exact) mass is 553 g/mol. The molecule has 0 spiro atoms. The van der Waals surface area contributed by atoms with Gasteiger partial charge in [0.1, 0.15) is 0 Å². The summed E-state index contributed by atoms with van der Waals surface area (Å²) >= 11 is 0.952. The maximum atomic E-state index is 12.6. The number of alkyl halides is 3. The highest BCUT2D eigenvalue weighted by Gasteiger charge is 2.35. The van der Waals surface area contributed by atoms with Gasteiger partial charge in [-0.15, -0.1) is 35.3 Å². The first-order chi connectivity index (χ1) is 13.8. The Hall–Kier alpha value is -2.22. The molecule has 0 aliphatic carbocycles. The zero-order valence-corrected chi connectivity index (χ0v) is 19.0. The van der Waals surface area contributed by atoms with Gasteiger partial charge in [0.15, 0.2) is 11.7 Å². The number of nitrogens with zero attached hydrogens (tertiary/aromatic N) is 3. The molecule has 2 aromatic rings. The predicted molar refractivity (Wildman–Crippen MR) is 117 cm³/mol. The van der Waals surface area contributed by atoms with Crippen LogP contribution in [-0.4, -0.2) is 54.3 Å². The van der Waals surface area contributed by atoms with Gasteiger partial charge in [0.05, 0.1) is 16.1 Å². The molecule has 0 saturated heterocycles. The van der Waals surface area contributed by atoms with E-state index in [1.54, 1.807) is 31.3 Å². The van der Waals surface area contributed by atoms with Crippen molar-refractivity contribution in [3.63, 3.8) is 0 Å². The number of amides is 2. The standard InChI is InChI=1S/C18H18F3N5O2S.HI/c1-22-17(23-7-6-14-25-13(10-29-14)18(19,20)21)24-8-9-26-15(27)11-4-2-3-5-12(11)16(26)28;/h2-5,10H,6-9H2,1H3,(H2,22,23,24);1H. The summed E-state index contributed by atoms with van der Waals surface area (Å²) in [6.07, 6.45) is -4.14. The minimum Gasteiger partial charge on any atom is -0.356 e. The highest BCUT2D eigenvalue weighted by atomic mass is 127. The lowest BCUT2D eigenvalue weighted by molar-refractivity contribution is -0.140. The number of nitrogens with one attached hydrogen (secondary N) is 2. The third-order valence-electron chi connectivity index (χ3n) is 4.20. The topological polar surface area (TPSA) is 86.7 Å². The van der Waals surface area contributed by atoms with Crippen molar-refractivity contribution < 1.29 is 22.8 Å². The van der Waals surface area contributed by atoms with Gasteiger partial charge in [-0.05, 0) is 12.1 Å². The third kappa shape index (κ3) is 5.47. The molecule has 2 N–H and O–H groups in total. The zero-order valence-electron chi connectivity index (χ0n) is 15.8. The van der Waals surface area contributed by atoms with Gasteiger partial charge in [-0.1, -0.05) is 12.1 Å². The maximum absolute atomic E-state index is 12.6. The van der Waals surface area contributed by atoms with E-state index >= 15 is 0 Å². The predicted octanol–water partition coefficient (Wildman–Crippen LogP) is 2.78. The van der Waals surface area contributed by atoms with E-state index in [4.69, 9.17) is 0 Å². The van der Waals surface area contributed by atoms with E-state index < -0.39 is 11.9 Å². The summed E-state index contributed by atoms with van der Waals surface area (Å²) in [6, 6.07) is 6.65. The summed E-state index contributed by atoms with van der Waals surface area (Å²) in [5.41, 5.74) is -0.107. The van der Waals surface area contributed by atoms with Crippen LogP contribution in [0.1, 0.15) is 31.4 Å². The summed E-state index contributed by atoms with van der Waals surface area (Å²) in [5, 5.41) is 7.30. The van der Waals surface area contributed by atoms with E-state index in [1.807, 2.05) is 0 Å². The molecule has 0 radical (unpaired) electrons. The molecule has 162 valence electrons. The fourth-order valence-electron chi connectivity index (χ4n) is 2.79. The summed E-state index contributed by atoms with van der Waals surface area (Å²) in [6.45, 7) is 0.770. The van der Waals surface area contributed by atoms with Crippen LogP contribution >= 0.6 is 35.3 Å². The molecule has 7 nitrogen and oxygen atoms in total. The molecule has 0 bridgehead atoms. The molecule has 0 fully saturated rings. The molecule has 0 atom stereocenters. The van der Waals surface area contributed by atoms with Gasteiger partial charge in [-0.3, -0.25) is 19.5 Å². The fraction of sp³-hybridized carbons (Fsp3) is 0.333. The molecule has 1 aliphatic heterocycles. The van der Waals surface area contributed by atoms with E-state index in [-0.39, 0.29) is 48.9 Å². The van der Waals surface area contributed by atoms with Crippen LogP contribution in [-0.2, 0) is 12.6 Å². The van der Waals surface area contributed by atoms with Crippen LogP contribution in [0.3, 0.4) is 0 Å². The van der Waals surface area contributed by atoms with E-state index in [0.29, 0.717) is 35.1 Å². The smallest absolute Gasteiger partial charge is 0.356 e. The average Bonchev–Trinajstić information content (AvgIpc) is 3.26. The fourth-order valence-corrected chi connectivity index (χ4v) is 3.60. The summed E-state index contributed by atoms with van der Waals surface area (Å²) in [4.78, 5) is 33.3. The second-order valence-corrected chi connectivity index (χ2v) is 7.05. The minimum atomic E-state index is -4.44. The summed E-state index contributed by atoms with van der Waals surface area (Å²) < 4.78 is 37.7. The number of thiazole rings is 1. The minimum absolute atomic E-state index is 0. The van der Waals surface area contributed by atoms with Crippen molar-refractivity contribution in [1.82, 2.24) is 20.5 Å². The number of aliphatic imine (C=N–C) groups is 1. The normalized spacial score (nSPS) is 13.9. The lowest BCUT2D eigenvalue weighted by atomic mass is 10.1. The van der Waals surface area contributed by atoms with Crippen molar-refractivity contribution in [1.29, 1.82) is 0 Å². The van der Waals surface area contributed by atoms with E-state index in [2.05, 4.69) is 20.6 Å². The Bertz CT molecular complexity index is 913. The molecule has 2 heterocycles. The number of rotatable bonds is 6. The Morgan fingerprint density at radius 2 is 1.73 bits per heavy atom. The average molecular weight is 553 g/mol. The van der Waals surface area contributed by atoms with Crippen LogP contribution in [0.25, 0.3) is 0 Å². The van der Waals surface area contributed by atoms with Gasteiger partial charge in [0.25, 0.3) is 11.8 Å². The molecular weight excluding hydrogens is 534 g/mol. The second-order valence-electron chi connectivity index (χ2n) is 6.11. The van der Waals surface area contributed by atoms with Crippen molar-refractivity contribution in [3.05, 3.63) is 51.5 Å². The number of carbonyl (C=O) groups excluding carboxylic acids is 2. The molecule has 1 aromatic heterocycles. The Morgan fingerprint density at radius 3 is 2.27 bits per heavy atom. The third-order valence-corrected chi connectivity index (χ3v) is 5.11. The van der Waals surface area contributed by atoms with Crippen LogP contribution in [0.15, 0.2) is 34.6 Å². The van der Waals surface area contributed by atoms with E-state index in [1.165, 1.54) is 4.90 Å². The molecule has 0 unspecified atom stereocenters. The molecule has 1 aromatic carbocycles. The van der Waals surface area contributed by atoms with E-state index in [0.717, 1.165) is 16.7 Å². The van der Waals surface area contributed by atoms with Gasteiger partial charge >= 0.3 is 6.18 Å². The highest BCUT2D eigenvalue weighted by molar-refractivity contribution is 14.0. The molecular formula is C18H19F3IN5O2S. The van der Waals surface area contributed by atoms with Crippen molar-refractivity contribution in [3.8, 4) is 0 Å². The number of carbonyl (C=O) groups is 2. The molecule has 0 saturated carbocycles. The van der Waals surface area contributed by atoms with Gasteiger partial charge < -0.3 is 10.6 Å². The van der Waals surface area contributed by atoms with Crippen LogP contribution in [0.4, 0.5) is 13.2 Å². The Labute approximate surface area is 191 Å².